The number of ether oxygens (including phenoxy) is 1. The van der Waals surface area contributed by atoms with Gasteiger partial charge in [-0.1, -0.05) is 0 Å². The van der Waals surface area contributed by atoms with Gasteiger partial charge in [-0.2, -0.15) is 0 Å². The largest absolute Gasteiger partial charge is 0.381 e. The number of thioether (sulfide) groups is 1. The summed E-state index contributed by atoms with van der Waals surface area (Å²) < 4.78 is 5.48. The fourth-order valence-corrected chi connectivity index (χ4v) is 3.31. The summed E-state index contributed by atoms with van der Waals surface area (Å²) in [4.78, 5) is 0. The zero-order chi connectivity index (χ0) is 8.39. The van der Waals surface area contributed by atoms with E-state index in [1.165, 1.54) is 18.6 Å². The third-order valence-electron chi connectivity index (χ3n) is 2.60. The third kappa shape index (κ3) is 1.95. The van der Waals surface area contributed by atoms with E-state index in [0.717, 1.165) is 19.1 Å². The summed E-state index contributed by atoms with van der Waals surface area (Å²) in [5.41, 5.74) is 0. The summed E-state index contributed by atoms with van der Waals surface area (Å²) in [6, 6.07) is 0.696. The first-order valence-corrected chi connectivity index (χ1v) is 5.86. The number of rotatable bonds is 1. The van der Waals surface area contributed by atoms with Gasteiger partial charge < -0.3 is 10.1 Å². The molecule has 3 heteroatoms. The molecule has 2 fully saturated rings. The van der Waals surface area contributed by atoms with E-state index >= 15 is 0 Å². The first-order chi connectivity index (χ1) is 5.86. The van der Waals surface area contributed by atoms with E-state index in [1.54, 1.807) is 0 Å². The molecule has 0 radical (unpaired) electrons. The molecule has 2 aliphatic heterocycles. The van der Waals surface area contributed by atoms with Gasteiger partial charge in [-0.15, -0.1) is 11.8 Å². The van der Waals surface area contributed by atoms with Crippen molar-refractivity contribution < 1.29 is 4.74 Å². The van der Waals surface area contributed by atoms with Gasteiger partial charge in [0.1, 0.15) is 0 Å². The Morgan fingerprint density at radius 3 is 3.00 bits per heavy atom. The molecular weight excluding hydrogens is 170 g/mol. The minimum absolute atomic E-state index is 0.667. The van der Waals surface area contributed by atoms with Crippen molar-refractivity contribution in [2.75, 3.05) is 19.0 Å². The van der Waals surface area contributed by atoms with Gasteiger partial charge in [0.25, 0.3) is 0 Å². The predicted molar refractivity (Wildman–Crippen MR) is 52.4 cm³/mol. The van der Waals surface area contributed by atoms with Crippen molar-refractivity contribution in [1.82, 2.24) is 5.32 Å². The molecule has 3 unspecified atom stereocenters. The van der Waals surface area contributed by atoms with E-state index in [-0.39, 0.29) is 0 Å². The second-order valence-corrected chi connectivity index (χ2v) is 4.97. The van der Waals surface area contributed by atoms with Gasteiger partial charge in [-0.05, 0) is 19.8 Å². The van der Waals surface area contributed by atoms with Crippen LogP contribution in [0.4, 0.5) is 0 Å². The van der Waals surface area contributed by atoms with Crippen LogP contribution in [0.3, 0.4) is 0 Å². The first-order valence-electron chi connectivity index (χ1n) is 4.81. The van der Waals surface area contributed by atoms with Crippen LogP contribution in [0.25, 0.3) is 0 Å². The Morgan fingerprint density at radius 2 is 2.42 bits per heavy atom. The molecule has 2 aliphatic rings. The van der Waals surface area contributed by atoms with Gasteiger partial charge in [0.05, 0.1) is 12.0 Å². The van der Waals surface area contributed by atoms with Crippen molar-refractivity contribution in [1.29, 1.82) is 0 Å². The van der Waals surface area contributed by atoms with E-state index in [2.05, 4.69) is 24.0 Å². The summed E-state index contributed by atoms with van der Waals surface area (Å²) in [5.74, 6) is 2.02. The lowest BCUT2D eigenvalue weighted by atomic mass is 10.0. The molecule has 0 aromatic carbocycles. The molecule has 0 spiro atoms. The molecule has 0 aromatic heterocycles. The van der Waals surface area contributed by atoms with Gasteiger partial charge in [0.2, 0.25) is 0 Å². The van der Waals surface area contributed by atoms with Gasteiger partial charge in [0, 0.05) is 24.3 Å². The maximum Gasteiger partial charge on any atom is 0.0585 e. The molecule has 0 aromatic rings. The molecule has 2 saturated heterocycles. The van der Waals surface area contributed by atoms with Crippen LogP contribution in [0.15, 0.2) is 0 Å². The van der Waals surface area contributed by atoms with Crippen LogP contribution in [0.2, 0.25) is 0 Å². The summed E-state index contributed by atoms with van der Waals surface area (Å²) in [7, 11) is 0. The Kier molecular flexibility index (Phi) is 2.94. The van der Waals surface area contributed by atoms with Gasteiger partial charge in [-0.3, -0.25) is 0 Å². The average molecular weight is 187 g/mol. The van der Waals surface area contributed by atoms with Gasteiger partial charge >= 0.3 is 0 Å². The van der Waals surface area contributed by atoms with Gasteiger partial charge in [-0.25, -0.2) is 0 Å². The minimum atomic E-state index is 0.667. The quantitative estimate of drug-likeness (QED) is 0.671. The van der Waals surface area contributed by atoms with Crippen molar-refractivity contribution in [2.45, 2.75) is 31.2 Å². The molecule has 2 heterocycles. The maximum absolute atomic E-state index is 5.48. The van der Waals surface area contributed by atoms with Crippen LogP contribution in [-0.4, -0.2) is 30.4 Å². The summed E-state index contributed by atoms with van der Waals surface area (Å²) in [6.45, 7) is 4.21. The van der Waals surface area contributed by atoms with Crippen molar-refractivity contribution in [2.24, 2.45) is 5.92 Å². The Balaban J connectivity index is 1.83. The SMILES string of the molecule is CC1CSC(C2CCCOC2)N1. The molecule has 2 nitrogen and oxygen atoms in total. The molecule has 2 rings (SSSR count). The summed E-state index contributed by atoms with van der Waals surface area (Å²) in [6.07, 6.45) is 2.59. The standard InChI is InChI=1S/C9H17NOS/c1-7-6-12-9(10-7)8-3-2-4-11-5-8/h7-10H,2-6H2,1H3. The molecule has 3 atom stereocenters. The van der Waals surface area contributed by atoms with Crippen LogP contribution in [0, 0.1) is 5.92 Å². The topological polar surface area (TPSA) is 21.3 Å². The normalized spacial score (nSPS) is 43.2. The van der Waals surface area contributed by atoms with E-state index < -0.39 is 0 Å². The lowest BCUT2D eigenvalue weighted by Gasteiger charge is -2.27. The molecule has 12 heavy (non-hydrogen) atoms. The van der Waals surface area contributed by atoms with E-state index in [9.17, 15) is 0 Å². The number of hydrogen-bond acceptors (Lipinski definition) is 3. The van der Waals surface area contributed by atoms with Crippen molar-refractivity contribution >= 4 is 11.8 Å². The molecular formula is C9H17NOS. The number of nitrogens with one attached hydrogen (secondary N) is 1. The zero-order valence-corrected chi connectivity index (χ0v) is 8.40. The summed E-state index contributed by atoms with van der Waals surface area (Å²) >= 11 is 2.07. The van der Waals surface area contributed by atoms with E-state index in [1.807, 2.05) is 0 Å². The molecule has 0 amide bonds. The van der Waals surface area contributed by atoms with Gasteiger partial charge in [0.15, 0.2) is 0 Å². The Labute approximate surface area is 78.4 Å². The average Bonchev–Trinajstić information content (AvgIpc) is 2.54. The van der Waals surface area contributed by atoms with E-state index in [4.69, 9.17) is 4.74 Å². The van der Waals surface area contributed by atoms with Crippen LogP contribution in [-0.2, 0) is 4.74 Å². The maximum atomic E-state index is 5.48. The second-order valence-electron chi connectivity index (χ2n) is 3.80. The second kappa shape index (κ2) is 3.99. The minimum Gasteiger partial charge on any atom is -0.381 e. The van der Waals surface area contributed by atoms with Crippen molar-refractivity contribution in [3.8, 4) is 0 Å². The van der Waals surface area contributed by atoms with Crippen LogP contribution in [0.5, 0.6) is 0 Å². The molecule has 0 saturated carbocycles. The Bertz CT molecular complexity index is 145. The number of hydrogen-bond donors (Lipinski definition) is 1. The van der Waals surface area contributed by atoms with E-state index in [0.29, 0.717) is 11.4 Å². The van der Waals surface area contributed by atoms with Crippen molar-refractivity contribution in [3.63, 3.8) is 0 Å². The monoisotopic (exact) mass is 187 g/mol. The van der Waals surface area contributed by atoms with Crippen molar-refractivity contribution in [3.05, 3.63) is 0 Å². The predicted octanol–water partition coefficient (Wildman–Crippen LogP) is 1.46. The molecule has 1 N–H and O–H groups in total. The molecule has 0 bridgehead atoms. The van der Waals surface area contributed by atoms with Crippen LogP contribution in [0.1, 0.15) is 19.8 Å². The highest BCUT2D eigenvalue weighted by molar-refractivity contribution is 8.00. The Hall–Kier alpha value is 0.270. The fourth-order valence-electron chi connectivity index (χ4n) is 1.90. The fraction of sp³-hybridized carbons (Fsp3) is 1.00. The zero-order valence-electron chi connectivity index (χ0n) is 7.58. The third-order valence-corrected chi connectivity index (χ3v) is 4.17. The highest BCUT2D eigenvalue weighted by Gasteiger charge is 2.29. The molecule has 0 aliphatic carbocycles. The first kappa shape index (κ1) is 8.85. The van der Waals surface area contributed by atoms with Crippen LogP contribution < -0.4 is 5.32 Å². The summed E-state index contributed by atoms with van der Waals surface area (Å²) in [5, 5.41) is 4.27. The highest BCUT2D eigenvalue weighted by atomic mass is 32.2. The Morgan fingerprint density at radius 1 is 1.50 bits per heavy atom. The lowest BCUT2D eigenvalue weighted by Crippen LogP contribution is -2.36. The molecule has 70 valence electrons. The van der Waals surface area contributed by atoms with Crippen LogP contribution >= 0.6 is 11.8 Å². The lowest BCUT2D eigenvalue weighted by molar-refractivity contribution is 0.0510. The smallest absolute Gasteiger partial charge is 0.0585 e. The highest BCUT2D eigenvalue weighted by Crippen LogP contribution is 2.29.